The Morgan fingerprint density at radius 3 is 2.88 bits per heavy atom. The largest absolute Gasteiger partial charge is 0.355 e. The third-order valence-electron chi connectivity index (χ3n) is 2.83. The number of benzene rings is 1. The Balaban J connectivity index is 2.43. The van der Waals surface area contributed by atoms with Crippen LogP contribution in [0.15, 0.2) is 36.5 Å². The van der Waals surface area contributed by atoms with E-state index in [0.29, 0.717) is 6.42 Å². The third-order valence-corrected chi connectivity index (χ3v) is 2.83. The van der Waals surface area contributed by atoms with Gasteiger partial charge in [0.25, 0.3) is 0 Å². The monoisotopic (exact) mass is 225 g/mol. The van der Waals surface area contributed by atoms with E-state index < -0.39 is 0 Å². The van der Waals surface area contributed by atoms with Gasteiger partial charge in [-0.15, -0.1) is 0 Å². The Kier molecular flexibility index (Phi) is 3.56. The van der Waals surface area contributed by atoms with Crippen LogP contribution in [-0.2, 0) is 0 Å². The van der Waals surface area contributed by atoms with Crippen LogP contribution in [0.2, 0.25) is 0 Å². The van der Waals surface area contributed by atoms with Crippen LogP contribution in [0.5, 0.6) is 0 Å². The Morgan fingerprint density at radius 2 is 2.12 bits per heavy atom. The molecule has 0 radical (unpaired) electrons. The molecule has 17 heavy (non-hydrogen) atoms. The molecule has 2 aromatic rings. The quantitative estimate of drug-likeness (QED) is 0.803. The lowest BCUT2D eigenvalue weighted by atomic mass is 10.1. The van der Waals surface area contributed by atoms with E-state index in [1.54, 1.807) is 0 Å². The smallest absolute Gasteiger partial charge is 0.136 e. The summed E-state index contributed by atoms with van der Waals surface area (Å²) in [4.78, 5) is 6.59. The lowest BCUT2D eigenvalue weighted by Gasteiger charge is -2.22. The molecule has 0 aliphatic rings. The number of nitrogens with zero attached hydrogens (tertiary/aromatic N) is 3. The zero-order valence-corrected chi connectivity index (χ0v) is 9.93. The van der Waals surface area contributed by atoms with Crippen LogP contribution in [0.1, 0.15) is 13.3 Å². The number of fused-ring (bicyclic) bond motifs is 1. The molecule has 0 aliphatic heterocycles. The van der Waals surface area contributed by atoms with Crippen LogP contribution >= 0.6 is 0 Å². The summed E-state index contributed by atoms with van der Waals surface area (Å²) in [7, 11) is 0. The summed E-state index contributed by atoms with van der Waals surface area (Å²) in [6.07, 6.45) is 2.35. The summed E-state index contributed by atoms with van der Waals surface area (Å²) in [5.74, 6) is 0.973. The number of hydrogen-bond acceptors (Lipinski definition) is 3. The molecule has 0 N–H and O–H groups in total. The van der Waals surface area contributed by atoms with Gasteiger partial charge in [-0.25, -0.2) is 4.98 Å². The number of anilines is 1. The zero-order valence-electron chi connectivity index (χ0n) is 9.93. The minimum atomic E-state index is 0.527. The fourth-order valence-corrected chi connectivity index (χ4v) is 1.95. The Labute approximate surface area is 101 Å². The summed E-state index contributed by atoms with van der Waals surface area (Å²) >= 11 is 0. The van der Waals surface area contributed by atoms with Crippen molar-refractivity contribution < 1.29 is 0 Å². The van der Waals surface area contributed by atoms with Crippen molar-refractivity contribution in [1.82, 2.24) is 4.98 Å². The molecular weight excluding hydrogens is 210 g/mol. The molecule has 86 valence electrons. The zero-order chi connectivity index (χ0) is 12.1. The van der Waals surface area contributed by atoms with Crippen molar-refractivity contribution in [3.8, 4) is 6.07 Å². The second-order valence-corrected chi connectivity index (χ2v) is 3.84. The molecule has 0 unspecified atom stereocenters. The second-order valence-electron chi connectivity index (χ2n) is 3.84. The highest BCUT2D eigenvalue weighted by Crippen LogP contribution is 2.23. The fourth-order valence-electron chi connectivity index (χ4n) is 1.95. The maximum atomic E-state index is 8.67. The van der Waals surface area contributed by atoms with E-state index >= 15 is 0 Å². The molecule has 1 heterocycles. The highest BCUT2D eigenvalue weighted by Gasteiger charge is 2.08. The lowest BCUT2D eigenvalue weighted by Crippen LogP contribution is -2.24. The van der Waals surface area contributed by atoms with Crippen molar-refractivity contribution in [2.24, 2.45) is 0 Å². The standard InChI is InChI=1S/C14H15N3/c1-2-17(11-5-9-15)14-13-7-4-3-6-12(13)8-10-16-14/h3-4,6-8,10H,2,5,11H2,1H3. The molecule has 3 nitrogen and oxygen atoms in total. The van der Waals surface area contributed by atoms with Crippen molar-refractivity contribution >= 4 is 16.6 Å². The fraction of sp³-hybridized carbons (Fsp3) is 0.286. The molecule has 1 aromatic heterocycles. The maximum absolute atomic E-state index is 8.67. The predicted molar refractivity (Wildman–Crippen MR) is 69.9 cm³/mol. The molecule has 0 amide bonds. The first-order valence-corrected chi connectivity index (χ1v) is 5.82. The van der Waals surface area contributed by atoms with Gasteiger partial charge in [0.2, 0.25) is 0 Å². The van der Waals surface area contributed by atoms with Crippen molar-refractivity contribution in [3.63, 3.8) is 0 Å². The number of aromatic nitrogens is 1. The number of pyridine rings is 1. The lowest BCUT2D eigenvalue weighted by molar-refractivity contribution is 0.815. The minimum Gasteiger partial charge on any atom is -0.355 e. The molecule has 0 spiro atoms. The Morgan fingerprint density at radius 1 is 1.29 bits per heavy atom. The van der Waals surface area contributed by atoms with Gasteiger partial charge in [-0.2, -0.15) is 5.26 Å². The van der Waals surface area contributed by atoms with E-state index in [2.05, 4.69) is 35.0 Å². The van der Waals surface area contributed by atoms with Crippen molar-refractivity contribution in [2.45, 2.75) is 13.3 Å². The van der Waals surface area contributed by atoms with Gasteiger partial charge in [0, 0.05) is 24.7 Å². The average Bonchev–Trinajstić information content (AvgIpc) is 2.40. The summed E-state index contributed by atoms with van der Waals surface area (Å²) in [6, 6.07) is 12.4. The first-order valence-electron chi connectivity index (χ1n) is 5.82. The maximum Gasteiger partial charge on any atom is 0.136 e. The van der Waals surface area contributed by atoms with Crippen LogP contribution in [-0.4, -0.2) is 18.1 Å². The molecule has 3 heteroatoms. The normalized spacial score (nSPS) is 10.1. The molecule has 1 aromatic carbocycles. The highest BCUT2D eigenvalue weighted by atomic mass is 15.2. The number of hydrogen-bond donors (Lipinski definition) is 0. The Hall–Kier alpha value is -2.08. The highest BCUT2D eigenvalue weighted by molar-refractivity contribution is 5.92. The molecule has 2 rings (SSSR count). The number of rotatable bonds is 4. The van der Waals surface area contributed by atoms with E-state index in [1.807, 2.05) is 24.4 Å². The van der Waals surface area contributed by atoms with Crippen molar-refractivity contribution in [3.05, 3.63) is 36.5 Å². The van der Waals surface area contributed by atoms with Crippen LogP contribution in [0, 0.1) is 11.3 Å². The summed E-state index contributed by atoms with van der Waals surface area (Å²) in [6.45, 7) is 3.68. The van der Waals surface area contributed by atoms with Gasteiger partial charge in [0.05, 0.1) is 12.5 Å². The predicted octanol–water partition coefficient (Wildman–Crippen LogP) is 2.97. The van der Waals surface area contributed by atoms with E-state index in [4.69, 9.17) is 5.26 Å². The molecule has 0 saturated carbocycles. The molecule has 0 bridgehead atoms. The first kappa shape index (κ1) is 11.4. The third kappa shape index (κ3) is 2.36. The minimum absolute atomic E-state index is 0.527. The van der Waals surface area contributed by atoms with E-state index in [1.165, 1.54) is 5.39 Å². The Bertz CT molecular complexity index is 537. The van der Waals surface area contributed by atoms with Crippen LogP contribution in [0.3, 0.4) is 0 Å². The van der Waals surface area contributed by atoms with Gasteiger partial charge in [0.15, 0.2) is 0 Å². The molecule has 0 aliphatic carbocycles. The topological polar surface area (TPSA) is 39.9 Å². The number of nitriles is 1. The van der Waals surface area contributed by atoms with Crippen molar-refractivity contribution in [1.29, 1.82) is 5.26 Å². The van der Waals surface area contributed by atoms with Gasteiger partial charge in [-0.3, -0.25) is 0 Å². The summed E-state index contributed by atoms with van der Waals surface area (Å²) in [5.41, 5.74) is 0. The van der Waals surface area contributed by atoms with Gasteiger partial charge >= 0.3 is 0 Å². The van der Waals surface area contributed by atoms with E-state index in [0.717, 1.165) is 24.3 Å². The van der Waals surface area contributed by atoms with Crippen molar-refractivity contribution in [2.75, 3.05) is 18.0 Å². The van der Waals surface area contributed by atoms with Gasteiger partial charge in [-0.1, -0.05) is 24.3 Å². The van der Waals surface area contributed by atoms with E-state index in [9.17, 15) is 0 Å². The van der Waals surface area contributed by atoms with Crippen LogP contribution in [0.25, 0.3) is 10.8 Å². The van der Waals surface area contributed by atoms with Crippen LogP contribution < -0.4 is 4.90 Å². The molecule has 0 atom stereocenters. The first-order chi connectivity index (χ1) is 8.36. The van der Waals surface area contributed by atoms with Gasteiger partial charge < -0.3 is 4.90 Å². The average molecular weight is 225 g/mol. The molecule has 0 fully saturated rings. The summed E-state index contributed by atoms with van der Waals surface area (Å²) < 4.78 is 0. The molecular formula is C14H15N3. The molecule has 0 saturated heterocycles. The van der Waals surface area contributed by atoms with Crippen LogP contribution in [0.4, 0.5) is 5.82 Å². The summed E-state index contributed by atoms with van der Waals surface area (Å²) in [5, 5.41) is 11.0. The van der Waals surface area contributed by atoms with E-state index in [-0.39, 0.29) is 0 Å². The van der Waals surface area contributed by atoms with Gasteiger partial charge in [0.1, 0.15) is 5.82 Å². The SMILES string of the molecule is CCN(CCC#N)c1nccc2ccccc12. The second kappa shape index (κ2) is 5.31. The van der Waals surface area contributed by atoms with Gasteiger partial charge in [-0.05, 0) is 18.4 Å².